The first-order valence-corrected chi connectivity index (χ1v) is 3.97. The fraction of sp³-hybridized carbons (Fsp3) is 0.833. The first kappa shape index (κ1) is 14.3. The molecule has 90 valence electrons. The monoisotopic (exact) mass is 257 g/mol. The number of amides is 1. The smallest absolute Gasteiger partial charge is 0.351 e. The molecule has 0 saturated heterocycles. The molecule has 15 heavy (non-hydrogen) atoms. The van der Waals surface area contributed by atoms with Crippen molar-refractivity contribution in [3.05, 3.63) is 0 Å². The lowest BCUT2D eigenvalue weighted by Crippen LogP contribution is -2.59. The van der Waals surface area contributed by atoms with Gasteiger partial charge in [0.15, 0.2) is 0 Å². The van der Waals surface area contributed by atoms with Crippen molar-refractivity contribution in [2.24, 2.45) is 0 Å². The van der Waals surface area contributed by atoms with E-state index in [1.807, 2.05) is 0 Å². The van der Waals surface area contributed by atoms with Gasteiger partial charge in [-0.2, -0.15) is 26.3 Å². The van der Waals surface area contributed by atoms with E-state index in [0.29, 0.717) is 0 Å². The molecule has 0 rings (SSSR count). The van der Waals surface area contributed by atoms with Gasteiger partial charge in [-0.3, -0.25) is 4.79 Å². The van der Waals surface area contributed by atoms with Gasteiger partial charge >= 0.3 is 17.2 Å². The lowest BCUT2D eigenvalue weighted by Gasteiger charge is -2.27. The van der Waals surface area contributed by atoms with E-state index in [4.69, 9.17) is 0 Å². The number of nitrogens with one attached hydrogen (secondary N) is 1. The van der Waals surface area contributed by atoms with Crippen molar-refractivity contribution >= 4 is 17.5 Å². The number of halogens is 7. The van der Waals surface area contributed by atoms with Crippen LogP contribution in [-0.4, -0.2) is 29.7 Å². The summed E-state index contributed by atoms with van der Waals surface area (Å²) in [4.78, 5) is 10.4. The van der Waals surface area contributed by atoms with Crippen LogP contribution in [-0.2, 0) is 4.79 Å². The van der Waals surface area contributed by atoms with E-state index < -0.39 is 29.7 Å². The Morgan fingerprint density at radius 1 is 1.20 bits per heavy atom. The van der Waals surface area contributed by atoms with Gasteiger partial charge in [-0.15, -0.1) is 0 Å². The average molecular weight is 258 g/mol. The van der Waals surface area contributed by atoms with Crippen LogP contribution >= 0.6 is 11.6 Å². The Kier molecular flexibility index (Phi) is 3.89. The number of alkyl halides is 7. The second-order valence-corrected chi connectivity index (χ2v) is 2.98. The number of carbonyl (C=O) groups is 1. The third-order valence-electron chi connectivity index (χ3n) is 1.37. The Labute approximate surface area is 85.6 Å². The summed E-state index contributed by atoms with van der Waals surface area (Å²) in [5.74, 6) is -14.0. The molecule has 0 radical (unpaired) electrons. The van der Waals surface area contributed by atoms with Crippen LogP contribution < -0.4 is 5.32 Å². The fourth-order valence-electron chi connectivity index (χ4n) is 0.592. The Bertz CT molecular complexity index is 250. The van der Waals surface area contributed by atoms with Gasteiger partial charge in [0.25, 0.3) is 5.91 Å². The lowest BCUT2D eigenvalue weighted by atomic mass is 10.1. The summed E-state index contributed by atoms with van der Waals surface area (Å²) in [6.45, 7) is 0.753. The van der Waals surface area contributed by atoms with E-state index in [0.717, 1.165) is 6.92 Å². The maximum absolute atomic E-state index is 12.6. The molecule has 9 heteroatoms. The zero-order valence-corrected chi connectivity index (χ0v) is 8.02. The zero-order chi connectivity index (χ0) is 12.5. The van der Waals surface area contributed by atoms with Crippen molar-refractivity contribution in [1.82, 2.24) is 5.32 Å². The second-order valence-electron chi connectivity index (χ2n) is 2.51. The summed E-state index contributed by atoms with van der Waals surface area (Å²) in [6, 6.07) is 0. The minimum atomic E-state index is -5.96. The molecule has 0 aliphatic rings. The van der Waals surface area contributed by atoms with Crippen LogP contribution in [0.25, 0.3) is 0 Å². The van der Waals surface area contributed by atoms with Gasteiger partial charge in [0.1, 0.15) is 0 Å². The molecular weight excluding hydrogens is 252 g/mol. The number of carbonyl (C=O) groups excluding carboxylic acids is 1. The first-order valence-electron chi connectivity index (χ1n) is 3.59. The fourth-order valence-corrected chi connectivity index (χ4v) is 0.711. The van der Waals surface area contributed by atoms with Crippen molar-refractivity contribution in [2.75, 3.05) is 6.54 Å². The summed E-state index contributed by atoms with van der Waals surface area (Å²) in [5, 5.41) is -4.21. The number of hydrogen-bond acceptors (Lipinski definition) is 1. The van der Waals surface area contributed by atoms with E-state index in [2.05, 4.69) is 11.6 Å². The van der Waals surface area contributed by atoms with Crippen molar-refractivity contribution in [2.45, 2.75) is 24.2 Å². The van der Waals surface area contributed by atoms with Crippen LogP contribution in [0.15, 0.2) is 0 Å². The molecule has 1 N–H and O–H groups in total. The molecule has 0 aliphatic carbocycles. The van der Waals surface area contributed by atoms with E-state index in [9.17, 15) is 31.1 Å². The van der Waals surface area contributed by atoms with Gasteiger partial charge < -0.3 is 5.32 Å². The van der Waals surface area contributed by atoms with Crippen molar-refractivity contribution < 1.29 is 31.1 Å². The van der Waals surface area contributed by atoms with Gasteiger partial charge in [-0.1, -0.05) is 0 Å². The molecule has 0 atom stereocenters. The third kappa shape index (κ3) is 2.47. The average Bonchev–Trinajstić information content (AvgIpc) is 2.02. The van der Waals surface area contributed by atoms with Crippen LogP contribution in [0.2, 0.25) is 0 Å². The van der Waals surface area contributed by atoms with E-state index in [-0.39, 0.29) is 0 Å². The van der Waals surface area contributed by atoms with Crippen LogP contribution in [0.1, 0.15) is 6.92 Å². The molecule has 0 fully saturated rings. The Morgan fingerprint density at radius 2 is 1.60 bits per heavy atom. The molecular formula is C6H6ClF6NO. The van der Waals surface area contributed by atoms with Crippen LogP contribution in [0.4, 0.5) is 26.3 Å². The van der Waals surface area contributed by atoms with Gasteiger partial charge in [-0.25, -0.2) is 0 Å². The molecule has 0 bridgehead atoms. The van der Waals surface area contributed by atoms with Crippen molar-refractivity contribution in [3.8, 4) is 0 Å². The normalized spacial score (nSPS) is 13.9. The predicted octanol–water partition coefficient (Wildman–Crippen LogP) is 2.22. The minimum absolute atomic E-state index is 0.404. The van der Waals surface area contributed by atoms with Gasteiger partial charge in [0, 0.05) is 6.54 Å². The molecule has 2 nitrogen and oxygen atoms in total. The molecule has 0 heterocycles. The Morgan fingerprint density at radius 3 is 1.87 bits per heavy atom. The predicted molar refractivity (Wildman–Crippen MR) is 39.4 cm³/mol. The number of rotatable bonds is 4. The minimum Gasteiger partial charge on any atom is -0.351 e. The summed E-state index contributed by atoms with van der Waals surface area (Å²) in [6.07, 6.45) is 0. The van der Waals surface area contributed by atoms with E-state index in [1.54, 1.807) is 0 Å². The van der Waals surface area contributed by atoms with Gasteiger partial charge in [0.05, 0.1) is 0 Å². The lowest BCUT2D eigenvalue weighted by molar-refractivity contribution is -0.269. The largest absolute Gasteiger partial charge is 0.395 e. The molecule has 1 amide bonds. The highest BCUT2D eigenvalue weighted by Gasteiger charge is 2.74. The second kappa shape index (κ2) is 4.07. The SMILES string of the molecule is CCNC(=O)C(F)(F)C(F)(F)C(F)(F)Cl. The summed E-state index contributed by atoms with van der Waals surface area (Å²) < 4.78 is 73.8. The third-order valence-corrected chi connectivity index (χ3v) is 1.61. The molecule has 0 saturated carbocycles. The highest BCUT2D eigenvalue weighted by Crippen LogP contribution is 2.47. The zero-order valence-electron chi connectivity index (χ0n) is 7.26. The van der Waals surface area contributed by atoms with Crippen LogP contribution in [0.3, 0.4) is 0 Å². The van der Waals surface area contributed by atoms with E-state index in [1.165, 1.54) is 5.32 Å². The van der Waals surface area contributed by atoms with Crippen molar-refractivity contribution in [3.63, 3.8) is 0 Å². The highest BCUT2D eigenvalue weighted by atomic mass is 35.5. The maximum atomic E-state index is 12.6. The molecule has 0 unspecified atom stereocenters. The first-order chi connectivity index (χ1) is 6.48. The molecule has 0 aromatic heterocycles. The standard InChI is InChI=1S/C6H6ClF6NO/c1-2-14-3(15)4(8,9)5(10,11)6(7,12)13/h2H2,1H3,(H,14,15). The molecule has 0 aliphatic heterocycles. The Hall–Kier alpha value is -0.660. The van der Waals surface area contributed by atoms with Crippen molar-refractivity contribution in [1.29, 1.82) is 0 Å². The Balaban J connectivity index is 5.10. The van der Waals surface area contributed by atoms with E-state index >= 15 is 0 Å². The summed E-state index contributed by atoms with van der Waals surface area (Å²) >= 11 is 3.81. The topological polar surface area (TPSA) is 29.1 Å². The van der Waals surface area contributed by atoms with Crippen LogP contribution in [0, 0.1) is 0 Å². The quantitative estimate of drug-likeness (QED) is 0.607. The van der Waals surface area contributed by atoms with Gasteiger partial charge in [-0.05, 0) is 18.5 Å². The number of hydrogen-bond donors (Lipinski definition) is 1. The molecule has 0 spiro atoms. The van der Waals surface area contributed by atoms with Crippen LogP contribution in [0.5, 0.6) is 0 Å². The van der Waals surface area contributed by atoms with Gasteiger partial charge in [0.2, 0.25) is 0 Å². The maximum Gasteiger partial charge on any atom is 0.395 e. The molecule has 0 aromatic rings. The highest BCUT2D eigenvalue weighted by molar-refractivity contribution is 6.22. The molecule has 0 aromatic carbocycles. The summed E-state index contributed by atoms with van der Waals surface area (Å²) in [7, 11) is 0. The summed E-state index contributed by atoms with van der Waals surface area (Å²) in [5.41, 5.74) is 0.